The van der Waals surface area contributed by atoms with E-state index in [9.17, 15) is 14.7 Å². The Labute approximate surface area is 199 Å². The quantitative estimate of drug-likeness (QED) is 0.395. The molecule has 0 aliphatic rings. The predicted octanol–water partition coefficient (Wildman–Crippen LogP) is 5.16. The number of carboxylic acid groups (broad SMARTS) is 1. The van der Waals surface area contributed by atoms with Gasteiger partial charge in [-0.25, -0.2) is 9.78 Å². The van der Waals surface area contributed by atoms with E-state index in [0.717, 1.165) is 17.1 Å². The van der Waals surface area contributed by atoms with Gasteiger partial charge in [-0.05, 0) is 57.2 Å². The largest absolute Gasteiger partial charge is 0.480 e. The molecule has 0 saturated heterocycles. The van der Waals surface area contributed by atoms with Crippen molar-refractivity contribution in [3.8, 4) is 11.3 Å². The van der Waals surface area contributed by atoms with E-state index < -0.39 is 17.9 Å². The lowest BCUT2D eigenvalue weighted by molar-refractivity contribution is -0.140. The molecule has 1 aromatic carbocycles. The van der Waals surface area contributed by atoms with Gasteiger partial charge in [0, 0.05) is 27.8 Å². The summed E-state index contributed by atoms with van der Waals surface area (Å²) in [6, 6.07) is 10.6. The number of hydrogen-bond donors (Lipinski definition) is 3. The third-order valence-electron chi connectivity index (χ3n) is 5.51. The number of imidazole rings is 1. The van der Waals surface area contributed by atoms with Crippen molar-refractivity contribution < 1.29 is 14.7 Å². The number of carbonyl (C=O) groups excluding carboxylic acids is 1. The Hall–Kier alpha value is -3.00. The van der Waals surface area contributed by atoms with Crippen molar-refractivity contribution in [3.63, 3.8) is 0 Å². The van der Waals surface area contributed by atoms with E-state index in [1.165, 1.54) is 4.90 Å². The van der Waals surface area contributed by atoms with Crippen LogP contribution in [0.2, 0.25) is 0 Å². The van der Waals surface area contributed by atoms with Gasteiger partial charge in [-0.15, -0.1) is 11.8 Å². The van der Waals surface area contributed by atoms with E-state index in [0.29, 0.717) is 17.6 Å². The highest BCUT2D eigenvalue weighted by Gasteiger charge is 2.26. The number of anilines is 1. The molecule has 3 aromatic rings. The molecule has 1 amide bonds. The van der Waals surface area contributed by atoms with Gasteiger partial charge in [0.05, 0.1) is 0 Å². The number of hydrogen-bond acceptors (Lipinski definition) is 5. The van der Waals surface area contributed by atoms with Gasteiger partial charge in [-0.1, -0.05) is 32.4 Å². The van der Waals surface area contributed by atoms with Crippen molar-refractivity contribution in [2.45, 2.75) is 57.5 Å². The predicted molar refractivity (Wildman–Crippen MR) is 134 cm³/mol. The summed E-state index contributed by atoms with van der Waals surface area (Å²) in [5, 5.41) is 15.7. The number of rotatable bonds is 8. The second-order valence-electron chi connectivity index (χ2n) is 9.23. The smallest absolute Gasteiger partial charge is 0.326 e. The van der Waals surface area contributed by atoms with Crippen LogP contribution < -0.4 is 10.6 Å². The fourth-order valence-corrected chi connectivity index (χ4v) is 3.93. The first-order valence-electron chi connectivity index (χ1n) is 11.0. The van der Waals surface area contributed by atoms with Crippen molar-refractivity contribution >= 4 is 35.1 Å². The van der Waals surface area contributed by atoms with Gasteiger partial charge < -0.3 is 15.7 Å². The highest BCUT2D eigenvalue weighted by Crippen LogP contribution is 2.32. The summed E-state index contributed by atoms with van der Waals surface area (Å²) in [4.78, 5) is 30.5. The minimum absolute atomic E-state index is 0.181. The van der Waals surface area contributed by atoms with Crippen LogP contribution in [0.25, 0.3) is 16.9 Å². The summed E-state index contributed by atoms with van der Waals surface area (Å²) in [6.07, 6.45) is 4.48. The van der Waals surface area contributed by atoms with Crippen LogP contribution in [0.15, 0.2) is 47.5 Å². The molecule has 176 valence electrons. The van der Waals surface area contributed by atoms with Crippen LogP contribution in [0.5, 0.6) is 0 Å². The average molecular weight is 469 g/mol. The van der Waals surface area contributed by atoms with E-state index in [-0.39, 0.29) is 11.5 Å². The van der Waals surface area contributed by atoms with Gasteiger partial charge in [0.2, 0.25) is 0 Å². The molecule has 33 heavy (non-hydrogen) atoms. The molecule has 3 N–H and O–H groups in total. The highest BCUT2D eigenvalue weighted by atomic mass is 32.2. The summed E-state index contributed by atoms with van der Waals surface area (Å²) in [7, 11) is 0. The molecule has 0 saturated carbocycles. The monoisotopic (exact) mass is 468 g/mol. The van der Waals surface area contributed by atoms with E-state index in [4.69, 9.17) is 4.98 Å². The number of nitrogens with zero attached hydrogens (tertiary/aromatic N) is 2. The topological polar surface area (TPSA) is 95.7 Å². The van der Waals surface area contributed by atoms with Crippen LogP contribution in [0.3, 0.4) is 0 Å². The average Bonchev–Trinajstić information content (AvgIpc) is 3.12. The lowest BCUT2D eigenvalue weighted by Gasteiger charge is -2.23. The summed E-state index contributed by atoms with van der Waals surface area (Å²) >= 11 is 1.68. The summed E-state index contributed by atoms with van der Waals surface area (Å²) in [5.74, 6) is -0.805. The molecule has 2 heterocycles. The Morgan fingerprint density at radius 2 is 1.85 bits per heavy atom. The van der Waals surface area contributed by atoms with Gasteiger partial charge in [-0.3, -0.25) is 9.20 Å². The van der Waals surface area contributed by atoms with E-state index in [1.54, 1.807) is 30.1 Å². The maximum atomic E-state index is 12.9. The number of thioether (sulfide) groups is 1. The molecular formula is C25H32N4O3S. The molecular weight excluding hydrogens is 436 g/mol. The zero-order chi connectivity index (χ0) is 24.3. The number of fused-ring (bicyclic) bond motifs is 1. The zero-order valence-corrected chi connectivity index (χ0v) is 20.8. The van der Waals surface area contributed by atoms with Crippen molar-refractivity contribution in [1.82, 2.24) is 14.7 Å². The lowest BCUT2D eigenvalue weighted by Crippen LogP contribution is -2.45. The third-order valence-corrected chi connectivity index (χ3v) is 6.25. The maximum Gasteiger partial charge on any atom is 0.326 e. The lowest BCUT2D eigenvalue weighted by atomic mass is 9.99. The standard InChI is InChI=1S/C25H32N4O3S/c1-7-15(2)20(24(31)32)27-23(30)17-12-13-29-19(14-17)26-21(22(29)28-25(3,4)5)16-8-10-18(33-6)11-9-16/h8-15,20,28H,7H2,1-6H3,(H,27,30)(H,31,32). The van der Waals surface area contributed by atoms with Crippen molar-refractivity contribution in [2.75, 3.05) is 11.6 Å². The number of aliphatic carboxylic acids is 1. The van der Waals surface area contributed by atoms with Crippen LogP contribution >= 0.6 is 11.8 Å². The number of amides is 1. The van der Waals surface area contributed by atoms with E-state index in [1.807, 2.05) is 36.6 Å². The minimum Gasteiger partial charge on any atom is -0.480 e. The first kappa shape index (κ1) is 24.6. The molecule has 2 unspecified atom stereocenters. The fraction of sp³-hybridized carbons (Fsp3) is 0.400. The molecule has 0 aliphatic carbocycles. The molecule has 7 nitrogen and oxygen atoms in total. The van der Waals surface area contributed by atoms with E-state index >= 15 is 0 Å². The minimum atomic E-state index is -1.03. The van der Waals surface area contributed by atoms with Crippen molar-refractivity contribution in [3.05, 3.63) is 48.2 Å². The molecule has 3 rings (SSSR count). The number of carbonyl (C=O) groups is 2. The molecule has 0 spiro atoms. The molecule has 0 radical (unpaired) electrons. The Morgan fingerprint density at radius 1 is 1.18 bits per heavy atom. The third kappa shape index (κ3) is 5.68. The molecule has 0 bridgehead atoms. The molecule has 2 aromatic heterocycles. The SMILES string of the molecule is CCC(C)C(NC(=O)c1ccn2c(NC(C)(C)C)c(-c3ccc(SC)cc3)nc2c1)C(=O)O. The van der Waals surface area contributed by atoms with Crippen molar-refractivity contribution in [1.29, 1.82) is 0 Å². The second kappa shape index (κ2) is 9.87. The molecule has 2 atom stereocenters. The zero-order valence-electron chi connectivity index (χ0n) is 20.0. The number of carboxylic acids is 1. The first-order valence-corrected chi connectivity index (χ1v) is 12.2. The molecule has 0 aliphatic heterocycles. The maximum absolute atomic E-state index is 12.9. The van der Waals surface area contributed by atoms with Crippen LogP contribution in [0.1, 0.15) is 51.4 Å². The van der Waals surface area contributed by atoms with Gasteiger partial charge in [0.15, 0.2) is 0 Å². The Morgan fingerprint density at radius 3 is 2.39 bits per heavy atom. The van der Waals surface area contributed by atoms with Gasteiger partial charge >= 0.3 is 5.97 Å². The van der Waals surface area contributed by atoms with E-state index in [2.05, 4.69) is 43.5 Å². The Balaban J connectivity index is 2.03. The number of aromatic nitrogens is 2. The molecule has 8 heteroatoms. The van der Waals surface area contributed by atoms with Crippen LogP contribution in [0.4, 0.5) is 5.82 Å². The summed E-state index contributed by atoms with van der Waals surface area (Å²) < 4.78 is 1.92. The van der Waals surface area contributed by atoms with Crippen LogP contribution in [-0.2, 0) is 4.79 Å². The Bertz CT molecular complexity index is 1150. The number of pyridine rings is 1. The Kier molecular flexibility index (Phi) is 7.37. The number of benzene rings is 1. The van der Waals surface area contributed by atoms with Crippen LogP contribution in [-0.4, -0.2) is 44.2 Å². The number of nitrogens with one attached hydrogen (secondary N) is 2. The van der Waals surface area contributed by atoms with Gasteiger partial charge in [0.25, 0.3) is 5.91 Å². The first-order chi connectivity index (χ1) is 15.5. The second-order valence-corrected chi connectivity index (χ2v) is 10.1. The van der Waals surface area contributed by atoms with Crippen molar-refractivity contribution in [2.24, 2.45) is 5.92 Å². The van der Waals surface area contributed by atoms with Crippen LogP contribution in [0, 0.1) is 5.92 Å². The fourth-order valence-electron chi connectivity index (χ4n) is 3.52. The normalized spacial score (nSPS) is 13.5. The summed E-state index contributed by atoms with van der Waals surface area (Å²) in [5.41, 5.74) is 2.53. The van der Waals surface area contributed by atoms with Gasteiger partial charge in [-0.2, -0.15) is 0 Å². The summed E-state index contributed by atoms with van der Waals surface area (Å²) in [6.45, 7) is 9.96. The molecule has 0 fully saturated rings. The highest BCUT2D eigenvalue weighted by molar-refractivity contribution is 7.98. The van der Waals surface area contributed by atoms with Gasteiger partial charge in [0.1, 0.15) is 23.2 Å².